The standard InChI is InChI=1S/C12H16O3/c1-13-10-5-4-9(8-11(10)14-2)12(15-3)6-7-12/h4-5,8H,6-7H2,1-3H3. The third kappa shape index (κ3) is 1.67. The van der Waals surface area contributed by atoms with E-state index in [1.165, 1.54) is 5.56 Å². The molecule has 1 aliphatic rings. The van der Waals surface area contributed by atoms with E-state index < -0.39 is 0 Å². The number of ether oxygens (including phenoxy) is 3. The largest absolute Gasteiger partial charge is 0.493 e. The van der Waals surface area contributed by atoms with Crippen LogP contribution in [0.1, 0.15) is 18.4 Å². The SMILES string of the molecule is COc1ccc(C2(OC)CC2)cc1OC. The highest BCUT2D eigenvalue weighted by Crippen LogP contribution is 2.50. The summed E-state index contributed by atoms with van der Waals surface area (Å²) in [5, 5.41) is 0. The van der Waals surface area contributed by atoms with Crippen molar-refractivity contribution in [3.63, 3.8) is 0 Å². The fourth-order valence-electron chi connectivity index (χ4n) is 1.84. The van der Waals surface area contributed by atoms with Crippen molar-refractivity contribution in [3.8, 4) is 11.5 Å². The van der Waals surface area contributed by atoms with Crippen LogP contribution in [-0.2, 0) is 10.3 Å². The maximum atomic E-state index is 5.51. The molecular weight excluding hydrogens is 192 g/mol. The van der Waals surface area contributed by atoms with Crippen LogP contribution >= 0.6 is 0 Å². The summed E-state index contributed by atoms with van der Waals surface area (Å²) < 4.78 is 16.0. The quantitative estimate of drug-likeness (QED) is 0.760. The molecule has 3 nitrogen and oxygen atoms in total. The molecule has 1 saturated carbocycles. The Kier molecular flexibility index (Phi) is 2.57. The van der Waals surface area contributed by atoms with E-state index in [9.17, 15) is 0 Å². The van der Waals surface area contributed by atoms with Crippen molar-refractivity contribution in [3.05, 3.63) is 23.8 Å². The van der Waals surface area contributed by atoms with Gasteiger partial charge in [0.25, 0.3) is 0 Å². The zero-order chi connectivity index (χ0) is 10.9. The van der Waals surface area contributed by atoms with Crippen LogP contribution in [0.2, 0.25) is 0 Å². The van der Waals surface area contributed by atoms with Gasteiger partial charge < -0.3 is 14.2 Å². The highest BCUT2D eigenvalue weighted by molar-refractivity contribution is 5.45. The lowest BCUT2D eigenvalue weighted by Gasteiger charge is -2.16. The lowest BCUT2D eigenvalue weighted by Crippen LogP contribution is -2.09. The van der Waals surface area contributed by atoms with Crippen LogP contribution in [0.25, 0.3) is 0 Å². The second-order valence-electron chi connectivity index (χ2n) is 3.77. The Bertz CT molecular complexity index is 356. The van der Waals surface area contributed by atoms with Gasteiger partial charge in [-0.2, -0.15) is 0 Å². The van der Waals surface area contributed by atoms with E-state index in [2.05, 4.69) is 0 Å². The maximum Gasteiger partial charge on any atom is 0.161 e. The molecular formula is C12H16O3. The van der Waals surface area contributed by atoms with Crippen molar-refractivity contribution in [2.24, 2.45) is 0 Å². The first-order valence-electron chi connectivity index (χ1n) is 5.03. The van der Waals surface area contributed by atoms with Gasteiger partial charge in [0.2, 0.25) is 0 Å². The monoisotopic (exact) mass is 208 g/mol. The fourth-order valence-corrected chi connectivity index (χ4v) is 1.84. The van der Waals surface area contributed by atoms with Crippen molar-refractivity contribution in [1.82, 2.24) is 0 Å². The molecule has 2 rings (SSSR count). The van der Waals surface area contributed by atoms with Crippen molar-refractivity contribution in [2.75, 3.05) is 21.3 Å². The lowest BCUT2D eigenvalue weighted by atomic mass is 10.1. The smallest absolute Gasteiger partial charge is 0.161 e. The summed E-state index contributed by atoms with van der Waals surface area (Å²) in [5.41, 5.74) is 1.10. The molecule has 0 saturated heterocycles. The summed E-state index contributed by atoms with van der Waals surface area (Å²) in [6, 6.07) is 5.96. The van der Waals surface area contributed by atoms with Crippen LogP contribution in [0.4, 0.5) is 0 Å². The molecule has 0 radical (unpaired) electrons. The Morgan fingerprint density at radius 2 is 1.67 bits per heavy atom. The minimum Gasteiger partial charge on any atom is -0.493 e. The van der Waals surface area contributed by atoms with Crippen LogP contribution in [0, 0.1) is 0 Å². The van der Waals surface area contributed by atoms with E-state index >= 15 is 0 Å². The molecule has 0 amide bonds. The third-order valence-electron chi connectivity index (χ3n) is 3.00. The molecule has 0 N–H and O–H groups in total. The zero-order valence-corrected chi connectivity index (χ0v) is 9.37. The van der Waals surface area contributed by atoms with Gasteiger partial charge in [0, 0.05) is 7.11 Å². The average Bonchev–Trinajstić information content (AvgIpc) is 3.09. The molecule has 0 spiro atoms. The summed E-state index contributed by atoms with van der Waals surface area (Å²) in [5.74, 6) is 1.52. The Morgan fingerprint density at radius 1 is 1.00 bits per heavy atom. The number of benzene rings is 1. The van der Waals surface area contributed by atoms with Crippen molar-refractivity contribution in [1.29, 1.82) is 0 Å². The molecule has 0 aliphatic heterocycles. The normalized spacial score (nSPS) is 17.3. The Morgan fingerprint density at radius 3 is 2.13 bits per heavy atom. The van der Waals surface area contributed by atoms with E-state index in [0.717, 1.165) is 24.3 Å². The number of methoxy groups -OCH3 is 3. The highest BCUT2D eigenvalue weighted by Gasteiger charge is 2.45. The molecule has 0 aromatic heterocycles. The first kappa shape index (κ1) is 10.3. The van der Waals surface area contributed by atoms with Crippen molar-refractivity contribution >= 4 is 0 Å². The Balaban J connectivity index is 2.35. The van der Waals surface area contributed by atoms with Gasteiger partial charge in [-0.05, 0) is 30.5 Å². The lowest BCUT2D eigenvalue weighted by molar-refractivity contribution is 0.0786. The molecule has 1 aliphatic carbocycles. The average molecular weight is 208 g/mol. The summed E-state index contributed by atoms with van der Waals surface area (Å²) in [6.45, 7) is 0. The van der Waals surface area contributed by atoms with E-state index in [4.69, 9.17) is 14.2 Å². The number of hydrogen-bond acceptors (Lipinski definition) is 3. The van der Waals surface area contributed by atoms with Crippen LogP contribution in [0.5, 0.6) is 11.5 Å². The predicted octanol–water partition coefficient (Wildman–Crippen LogP) is 2.34. The summed E-state index contributed by atoms with van der Waals surface area (Å²) >= 11 is 0. The molecule has 1 aromatic rings. The van der Waals surface area contributed by atoms with Crippen LogP contribution in [-0.4, -0.2) is 21.3 Å². The van der Waals surface area contributed by atoms with Gasteiger partial charge in [0.1, 0.15) is 0 Å². The van der Waals surface area contributed by atoms with Crippen LogP contribution in [0.3, 0.4) is 0 Å². The van der Waals surface area contributed by atoms with E-state index in [1.54, 1.807) is 21.3 Å². The minimum atomic E-state index is -0.0699. The van der Waals surface area contributed by atoms with E-state index in [-0.39, 0.29) is 5.60 Å². The molecule has 3 heteroatoms. The van der Waals surface area contributed by atoms with Crippen molar-refractivity contribution in [2.45, 2.75) is 18.4 Å². The third-order valence-corrected chi connectivity index (χ3v) is 3.00. The Labute approximate surface area is 90.0 Å². The van der Waals surface area contributed by atoms with Gasteiger partial charge in [-0.25, -0.2) is 0 Å². The second-order valence-corrected chi connectivity index (χ2v) is 3.77. The second kappa shape index (κ2) is 3.74. The Hall–Kier alpha value is -1.22. The summed E-state index contributed by atoms with van der Waals surface area (Å²) in [4.78, 5) is 0. The number of rotatable bonds is 4. The molecule has 0 heterocycles. The number of hydrogen-bond donors (Lipinski definition) is 0. The van der Waals surface area contributed by atoms with Gasteiger partial charge in [-0.3, -0.25) is 0 Å². The highest BCUT2D eigenvalue weighted by atomic mass is 16.5. The molecule has 0 atom stereocenters. The molecule has 1 fully saturated rings. The van der Waals surface area contributed by atoms with Gasteiger partial charge in [0.15, 0.2) is 11.5 Å². The molecule has 0 unspecified atom stereocenters. The van der Waals surface area contributed by atoms with Crippen LogP contribution < -0.4 is 9.47 Å². The van der Waals surface area contributed by atoms with Crippen LogP contribution in [0.15, 0.2) is 18.2 Å². The molecule has 82 valence electrons. The minimum absolute atomic E-state index is 0.0699. The molecule has 15 heavy (non-hydrogen) atoms. The van der Waals surface area contributed by atoms with Gasteiger partial charge in [0.05, 0.1) is 19.8 Å². The molecule has 0 bridgehead atoms. The van der Waals surface area contributed by atoms with Gasteiger partial charge >= 0.3 is 0 Å². The first-order valence-corrected chi connectivity index (χ1v) is 5.03. The maximum absolute atomic E-state index is 5.51. The summed E-state index contributed by atoms with van der Waals surface area (Å²) in [7, 11) is 5.04. The fraction of sp³-hybridized carbons (Fsp3) is 0.500. The predicted molar refractivity (Wildman–Crippen MR) is 57.5 cm³/mol. The topological polar surface area (TPSA) is 27.7 Å². The summed E-state index contributed by atoms with van der Waals surface area (Å²) in [6.07, 6.45) is 2.16. The van der Waals surface area contributed by atoms with E-state index in [0.29, 0.717) is 0 Å². The van der Waals surface area contributed by atoms with Crippen molar-refractivity contribution < 1.29 is 14.2 Å². The first-order chi connectivity index (χ1) is 7.25. The van der Waals surface area contributed by atoms with Gasteiger partial charge in [-0.1, -0.05) is 6.07 Å². The molecule has 1 aromatic carbocycles. The van der Waals surface area contributed by atoms with Gasteiger partial charge in [-0.15, -0.1) is 0 Å². The zero-order valence-electron chi connectivity index (χ0n) is 9.37. The van der Waals surface area contributed by atoms with E-state index in [1.807, 2.05) is 18.2 Å².